The first-order valence-corrected chi connectivity index (χ1v) is 9.81. The molecule has 1 amide bonds. The molecule has 146 valence electrons. The van der Waals surface area contributed by atoms with E-state index in [4.69, 9.17) is 5.26 Å². The van der Waals surface area contributed by atoms with E-state index in [-0.39, 0.29) is 5.91 Å². The van der Waals surface area contributed by atoms with E-state index in [1.54, 1.807) is 40.5 Å². The van der Waals surface area contributed by atoms with Crippen LogP contribution in [0.25, 0.3) is 0 Å². The van der Waals surface area contributed by atoms with Gasteiger partial charge in [0.15, 0.2) is 0 Å². The van der Waals surface area contributed by atoms with E-state index in [0.717, 1.165) is 22.6 Å². The molecule has 0 spiro atoms. The van der Waals surface area contributed by atoms with Gasteiger partial charge in [-0.2, -0.15) is 18.4 Å². The minimum atomic E-state index is -4.41. The predicted molar refractivity (Wildman–Crippen MR) is 104 cm³/mol. The Morgan fingerprint density at radius 1 is 1.07 bits per heavy atom. The van der Waals surface area contributed by atoms with Crippen LogP contribution in [0.1, 0.15) is 43.5 Å². The molecule has 0 saturated heterocycles. The van der Waals surface area contributed by atoms with Gasteiger partial charge in [0.2, 0.25) is 0 Å². The Balaban J connectivity index is 1.73. The molecule has 0 radical (unpaired) electrons. The Morgan fingerprint density at radius 2 is 1.76 bits per heavy atom. The van der Waals surface area contributed by atoms with Crippen molar-refractivity contribution in [3.05, 3.63) is 92.7 Å². The van der Waals surface area contributed by atoms with Crippen LogP contribution in [0.3, 0.4) is 0 Å². The number of benzene rings is 2. The molecule has 1 aliphatic heterocycles. The van der Waals surface area contributed by atoms with E-state index in [1.165, 1.54) is 12.1 Å². The molecule has 2 aromatic carbocycles. The molecular formula is C22H15F3N2OS. The smallest absolute Gasteiger partial charge is 0.327 e. The lowest BCUT2D eigenvalue weighted by atomic mass is 9.92. The molecule has 0 bridgehead atoms. The quantitative estimate of drug-likeness (QED) is 0.564. The Morgan fingerprint density at radius 3 is 2.38 bits per heavy atom. The highest BCUT2D eigenvalue weighted by Crippen LogP contribution is 2.39. The molecular weight excluding hydrogens is 397 g/mol. The van der Waals surface area contributed by atoms with Crippen LogP contribution in [-0.2, 0) is 12.6 Å². The molecule has 0 fully saturated rings. The number of nitrogens with zero attached hydrogens (tertiary/aromatic N) is 2. The van der Waals surface area contributed by atoms with Gasteiger partial charge in [-0.3, -0.25) is 4.79 Å². The first-order valence-electron chi connectivity index (χ1n) is 8.93. The van der Waals surface area contributed by atoms with Gasteiger partial charge in [-0.25, -0.2) is 0 Å². The molecule has 1 aromatic heterocycles. The SMILES string of the molecule is N#Cc1ccc(C(=O)N2CCc3sccc3C2c2ccc(C(F)(F)F)cc2)cc1. The van der Waals surface area contributed by atoms with Crippen LogP contribution < -0.4 is 0 Å². The molecule has 0 aliphatic carbocycles. The number of hydrogen-bond acceptors (Lipinski definition) is 3. The summed E-state index contributed by atoms with van der Waals surface area (Å²) in [7, 11) is 0. The lowest BCUT2D eigenvalue weighted by molar-refractivity contribution is -0.137. The number of carbonyl (C=O) groups excluding carboxylic acids is 1. The molecule has 3 aromatic rings. The van der Waals surface area contributed by atoms with Gasteiger partial charge in [-0.1, -0.05) is 12.1 Å². The number of nitriles is 1. The van der Waals surface area contributed by atoms with Gasteiger partial charge in [0, 0.05) is 17.0 Å². The van der Waals surface area contributed by atoms with Crippen LogP contribution in [0.15, 0.2) is 60.0 Å². The molecule has 0 N–H and O–H groups in total. The normalized spacial score (nSPS) is 16.2. The molecule has 1 atom stereocenters. The topological polar surface area (TPSA) is 44.1 Å². The summed E-state index contributed by atoms with van der Waals surface area (Å²) in [4.78, 5) is 16.0. The average Bonchev–Trinajstić information content (AvgIpc) is 3.21. The first-order chi connectivity index (χ1) is 13.9. The number of fused-ring (bicyclic) bond motifs is 1. The van der Waals surface area contributed by atoms with E-state index in [2.05, 4.69) is 0 Å². The number of alkyl halides is 3. The van der Waals surface area contributed by atoms with Crippen LogP contribution in [0, 0.1) is 11.3 Å². The van der Waals surface area contributed by atoms with Gasteiger partial charge in [0.1, 0.15) is 0 Å². The maximum atomic E-state index is 13.2. The van der Waals surface area contributed by atoms with Crippen molar-refractivity contribution in [2.24, 2.45) is 0 Å². The summed E-state index contributed by atoms with van der Waals surface area (Å²) < 4.78 is 38.9. The van der Waals surface area contributed by atoms with Crippen LogP contribution >= 0.6 is 11.3 Å². The second-order valence-corrected chi connectivity index (χ2v) is 7.76. The zero-order chi connectivity index (χ0) is 20.6. The molecule has 29 heavy (non-hydrogen) atoms. The fourth-order valence-corrected chi connectivity index (χ4v) is 4.51. The summed E-state index contributed by atoms with van der Waals surface area (Å²) in [6.45, 7) is 0.470. The monoisotopic (exact) mass is 412 g/mol. The number of thiophene rings is 1. The van der Waals surface area contributed by atoms with E-state index in [9.17, 15) is 18.0 Å². The maximum Gasteiger partial charge on any atom is 0.416 e. The van der Waals surface area contributed by atoms with Gasteiger partial charge < -0.3 is 4.90 Å². The van der Waals surface area contributed by atoms with Crippen LogP contribution in [-0.4, -0.2) is 17.4 Å². The molecule has 1 aliphatic rings. The Kier molecular flexibility index (Phi) is 4.89. The van der Waals surface area contributed by atoms with Gasteiger partial charge in [0.25, 0.3) is 5.91 Å². The van der Waals surface area contributed by atoms with E-state index in [1.807, 2.05) is 17.5 Å². The summed E-state index contributed by atoms with van der Waals surface area (Å²) in [6.07, 6.45) is -3.71. The number of rotatable bonds is 2. The fourth-order valence-electron chi connectivity index (χ4n) is 3.60. The van der Waals surface area contributed by atoms with E-state index < -0.39 is 17.8 Å². The lowest BCUT2D eigenvalue weighted by Gasteiger charge is -2.36. The van der Waals surface area contributed by atoms with Crippen molar-refractivity contribution in [1.29, 1.82) is 5.26 Å². The van der Waals surface area contributed by atoms with Crippen LogP contribution in [0.5, 0.6) is 0 Å². The Bertz CT molecular complexity index is 1080. The largest absolute Gasteiger partial charge is 0.416 e. The highest BCUT2D eigenvalue weighted by Gasteiger charge is 2.35. The number of carbonyl (C=O) groups is 1. The minimum absolute atomic E-state index is 0.212. The molecule has 1 unspecified atom stereocenters. The van der Waals surface area contributed by atoms with Crippen molar-refractivity contribution in [3.8, 4) is 6.07 Å². The molecule has 7 heteroatoms. The third-order valence-electron chi connectivity index (χ3n) is 5.04. The second-order valence-electron chi connectivity index (χ2n) is 6.76. The summed E-state index contributed by atoms with van der Waals surface area (Å²) >= 11 is 1.59. The Labute approximate surface area is 169 Å². The highest BCUT2D eigenvalue weighted by molar-refractivity contribution is 7.10. The molecule has 3 nitrogen and oxygen atoms in total. The number of amides is 1. The van der Waals surface area contributed by atoms with Crippen LogP contribution in [0.4, 0.5) is 13.2 Å². The van der Waals surface area contributed by atoms with Crippen molar-refractivity contribution in [2.75, 3.05) is 6.54 Å². The van der Waals surface area contributed by atoms with Crippen molar-refractivity contribution >= 4 is 17.2 Å². The van der Waals surface area contributed by atoms with E-state index in [0.29, 0.717) is 29.7 Å². The van der Waals surface area contributed by atoms with Gasteiger partial charge in [-0.05, 0) is 65.4 Å². The minimum Gasteiger partial charge on any atom is -0.327 e. The Hall–Kier alpha value is -3.11. The summed E-state index contributed by atoms with van der Waals surface area (Å²) in [5, 5.41) is 10.9. The molecule has 0 saturated carbocycles. The molecule has 4 rings (SSSR count). The van der Waals surface area contributed by atoms with Crippen molar-refractivity contribution in [3.63, 3.8) is 0 Å². The summed E-state index contributed by atoms with van der Waals surface area (Å²) in [6, 6.07) is 14.9. The summed E-state index contributed by atoms with van der Waals surface area (Å²) in [5.74, 6) is -0.212. The zero-order valence-electron chi connectivity index (χ0n) is 15.1. The standard InChI is InChI=1S/C22H15F3N2OS/c23-22(24,25)17-7-5-15(6-8-17)20-18-10-12-29-19(18)9-11-27(20)21(28)16-3-1-14(13-26)2-4-16/h1-8,10,12,20H,9,11H2. The lowest BCUT2D eigenvalue weighted by Crippen LogP contribution is -2.40. The predicted octanol–water partition coefficient (Wildman–Crippen LogP) is 5.43. The zero-order valence-corrected chi connectivity index (χ0v) is 15.9. The van der Waals surface area contributed by atoms with E-state index >= 15 is 0 Å². The highest BCUT2D eigenvalue weighted by atomic mass is 32.1. The first kappa shape index (κ1) is 19.2. The summed E-state index contributed by atoms with van der Waals surface area (Å²) in [5.41, 5.74) is 1.77. The van der Waals surface area contributed by atoms with Gasteiger partial charge in [-0.15, -0.1) is 11.3 Å². The van der Waals surface area contributed by atoms with Crippen molar-refractivity contribution < 1.29 is 18.0 Å². The third-order valence-corrected chi connectivity index (χ3v) is 6.04. The second kappa shape index (κ2) is 7.37. The van der Waals surface area contributed by atoms with Crippen LogP contribution in [0.2, 0.25) is 0 Å². The van der Waals surface area contributed by atoms with Crippen molar-refractivity contribution in [2.45, 2.75) is 18.6 Å². The van der Waals surface area contributed by atoms with Crippen molar-refractivity contribution in [1.82, 2.24) is 4.90 Å². The third kappa shape index (κ3) is 3.64. The fraction of sp³-hybridized carbons (Fsp3) is 0.182. The number of halogens is 3. The van der Waals surface area contributed by atoms with Gasteiger partial charge >= 0.3 is 6.18 Å². The molecule has 2 heterocycles. The maximum absolute atomic E-state index is 13.2. The number of hydrogen-bond donors (Lipinski definition) is 0. The van der Waals surface area contributed by atoms with Gasteiger partial charge in [0.05, 0.1) is 23.2 Å². The average molecular weight is 412 g/mol.